The van der Waals surface area contributed by atoms with Crippen molar-refractivity contribution in [3.8, 4) is 0 Å². The zero-order valence-corrected chi connectivity index (χ0v) is 12.4. The van der Waals surface area contributed by atoms with Gasteiger partial charge in [-0.3, -0.25) is 4.79 Å². The van der Waals surface area contributed by atoms with Gasteiger partial charge in [0, 0.05) is 18.3 Å². The van der Waals surface area contributed by atoms with E-state index in [-0.39, 0.29) is 17.6 Å². The summed E-state index contributed by atoms with van der Waals surface area (Å²) < 4.78 is 13.7. The van der Waals surface area contributed by atoms with Crippen molar-refractivity contribution in [1.29, 1.82) is 0 Å². The molecular weight excluding hydrogens is 263 g/mol. The molecule has 1 aromatic carbocycles. The normalized spacial score (nSPS) is 12.0. The van der Waals surface area contributed by atoms with E-state index in [1.807, 2.05) is 20.1 Å². The highest BCUT2D eigenvalue weighted by molar-refractivity contribution is 7.98. The van der Waals surface area contributed by atoms with E-state index in [9.17, 15) is 9.18 Å². The first-order valence-electron chi connectivity index (χ1n) is 6.46. The molecule has 2 N–H and O–H groups in total. The molecule has 3 nitrogen and oxygen atoms in total. The van der Waals surface area contributed by atoms with Crippen LogP contribution < -0.4 is 10.6 Å². The van der Waals surface area contributed by atoms with Crippen LogP contribution in [0.2, 0.25) is 0 Å². The Morgan fingerprint density at radius 1 is 1.42 bits per heavy atom. The van der Waals surface area contributed by atoms with Gasteiger partial charge in [0.2, 0.25) is 0 Å². The first-order chi connectivity index (χ1) is 9.13. The van der Waals surface area contributed by atoms with Gasteiger partial charge in [0.15, 0.2) is 0 Å². The number of rotatable bonds is 7. The summed E-state index contributed by atoms with van der Waals surface area (Å²) in [5.74, 6) is 0.234. The summed E-state index contributed by atoms with van der Waals surface area (Å²) in [6.45, 7) is 4.47. The Balaban J connectivity index is 2.89. The monoisotopic (exact) mass is 284 g/mol. The average molecular weight is 284 g/mol. The van der Waals surface area contributed by atoms with Gasteiger partial charge in [-0.1, -0.05) is 13.0 Å². The Labute approximate surface area is 118 Å². The highest BCUT2D eigenvalue weighted by Gasteiger charge is 2.17. The second kappa shape index (κ2) is 8.04. The topological polar surface area (TPSA) is 41.1 Å². The molecular formula is C14H21FN2OS. The first kappa shape index (κ1) is 15.8. The lowest BCUT2D eigenvalue weighted by Gasteiger charge is -2.17. The molecule has 0 spiro atoms. The van der Waals surface area contributed by atoms with E-state index >= 15 is 0 Å². The van der Waals surface area contributed by atoms with Crippen molar-refractivity contribution >= 4 is 23.4 Å². The zero-order chi connectivity index (χ0) is 14.3. The molecule has 1 atom stereocenters. The second-order valence-corrected chi connectivity index (χ2v) is 5.14. The van der Waals surface area contributed by atoms with Crippen molar-refractivity contribution in [2.45, 2.75) is 26.3 Å². The van der Waals surface area contributed by atoms with Gasteiger partial charge < -0.3 is 10.6 Å². The lowest BCUT2D eigenvalue weighted by Crippen LogP contribution is -2.36. The van der Waals surface area contributed by atoms with Crippen molar-refractivity contribution in [3.63, 3.8) is 0 Å². The van der Waals surface area contributed by atoms with Gasteiger partial charge in [0.1, 0.15) is 5.82 Å². The van der Waals surface area contributed by atoms with Gasteiger partial charge in [-0.2, -0.15) is 11.8 Å². The number of para-hydroxylation sites is 1. The number of hydrogen-bond acceptors (Lipinski definition) is 3. The van der Waals surface area contributed by atoms with Crippen LogP contribution in [0, 0.1) is 5.82 Å². The van der Waals surface area contributed by atoms with Crippen LogP contribution in [0.4, 0.5) is 10.1 Å². The first-order valence-corrected chi connectivity index (χ1v) is 7.85. The van der Waals surface area contributed by atoms with E-state index in [1.54, 1.807) is 23.9 Å². The summed E-state index contributed by atoms with van der Waals surface area (Å²) in [7, 11) is 0. The SMILES string of the molecule is CCNc1c(F)cccc1C(=O)NC(CC)CSC. The number of carbonyl (C=O) groups excluding carboxylic acids is 1. The van der Waals surface area contributed by atoms with Crippen LogP contribution in [-0.2, 0) is 0 Å². The number of carbonyl (C=O) groups is 1. The summed E-state index contributed by atoms with van der Waals surface area (Å²) in [5.41, 5.74) is 0.642. The molecule has 0 aromatic heterocycles. The fourth-order valence-electron chi connectivity index (χ4n) is 1.80. The number of hydrogen-bond donors (Lipinski definition) is 2. The van der Waals surface area contributed by atoms with Crippen LogP contribution in [0.25, 0.3) is 0 Å². The minimum Gasteiger partial charge on any atom is -0.382 e. The van der Waals surface area contributed by atoms with Gasteiger partial charge in [-0.15, -0.1) is 0 Å². The summed E-state index contributed by atoms with van der Waals surface area (Å²) in [4.78, 5) is 12.2. The molecule has 0 fully saturated rings. The van der Waals surface area contributed by atoms with Gasteiger partial charge in [0.25, 0.3) is 5.91 Å². The van der Waals surface area contributed by atoms with Gasteiger partial charge >= 0.3 is 0 Å². The van der Waals surface area contributed by atoms with Crippen LogP contribution in [0.3, 0.4) is 0 Å². The van der Waals surface area contributed by atoms with Crippen LogP contribution in [0.5, 0.6) is 0 Å². The molecule has 0 aliphatic carbocycles. The highest BCUT2D eigenvalue weighted by atomic mass is 32.2. The lowest BCUT2D eigenvalue weighted by molar-refractivity contribution is 0.0940. The van der Waals surface area contributed by atoms with E-state index in [0.29, 0.717) is 12.1 Å². The third kappa shape index (κ3) is 4.42. The number of thioether (sulfide) groups is 1. The van der Waals surface area contributed by atoms with E-state index in [0.717, 1.165) is 12.2 Å². The van der Waals surface area contributed by atoms with Crippen molar-refractivity contribution in [2.75, 3.05) is 23.9 Å². The molecule has 106 valence electrons. The van der Waals surface area contributed by atoms with Crippen LogP contribution in [0.15, 0.2) is 18.2 Å². The average Bonchev–Trinajstić information content (AvgIpc) is 2.40. The van der Waals surface area contributed by atoms with E-state index < -0.39 is 5.82 Å². The summed E-state index contributed by atoms with van der Waals surface area (Å²) in [5, 5.41) is 5.85. The quantitative estimate of drug-likeness (QED) is 0.808. The lowest BCUT2D eigenvalue weighted by atomic mass is 10.1. The Hall–Kier alpha value is -1.23. The Morgan fingerprint density at radius 3 is 2.74 bits per heavy atom. The summed E-state index contributed by atoms with van der Waals surface area (Å²) in [6.07, 6.45) is 2.86. The number of benzene rings is 1. The number of nitrogens with one attached hydrogen (secondary N) is 2. The van der Waals surface area contributed by atoms with Crippen LogP contribution in [0.1, 0.15) is 30.6 Å². The molecule has 0 saturated carbocycles. The van der Waals surface area contributed by atoms with Crippen molar-refractivity contribution in [2.24, 2.45) is 0 Å². The fraction of sp³-hybridized carbons (Fsp3) is 0.500. The highest BCUT2D eigenvalue weighted by Crippen LogP contribution is 2.20. The molecule has 5 heteroatoms. The molecule has 0 aliphatic rings. The van der Waals surface area contributed by atoms with E-state index in [1.165, 1.54) is 6.07 Å². The molecule has 0 bridgehead atoms. The van der Waals surface area contributed by atoms with E-state index in [2.05, 4.69) is 10.6 Å². The number of anilines is 1. The van der Waals surface area contributed by atoms with E-state index in [4.69, 9.17) is 0 Å². The van der Waals surface area contributed by atoms with Crippen molar-refractivity contribution < 1.29 is 9.18 Å². The molecule has 1 amide bonds. The zero-order valence-electron chi connectivity index (χ0n) is 11.6. The second-order valence-electron chi connectivity index (χ2n) is 4.23. The van der Waals surface area contributed by atoms with Gasteiger partial charge in [0.05, 0.1) is 11.3 Å². The molecule has 0 saturated heterocycles. The van der Waals surface area contributed by atoms with Crippen LogP contribution in [-0.4, -0.2) is 30.5 Å². The Kier molecular flexibility index (Phi) is 6.70. The molecule has 0 radical (unpaired) electrons. The predicted molar refractivity (Wildman–Crippen MR) is 80.5 cm³/mol. The molecule has 19 heavy (non-hydrogen) atoms. The molecule has 0 aliphatic heterocycles. The van der Waals surface area contributed by atoms with Gasteiger partial charge in [-0.25, -0.2) is 4.39 Å². The van der Waals surface area contributed by atoms with Crippen LogP contribution >= 0.6 is 11.8 Å². The number of halogens is 1. The maximum absolute atomic E-state index is 13.7. The molecule has 1 aromatic rings. The third-order valence-electron chi connectivity index (χ3n) is 2.81. The maximum Gasteiger partial charge on any atom is 0.253 e. The molecule has 1 unspecified atom stereocenters. The molecule has 1 rings (SSSR count). The minimum atomic E-state index is -0.396. The summed E-state index contributed by atoms with van der Waals surface area (Å²) >= 11 is 1.68. The predicted octanol–water partition coefficient (Wildman–Crippen LogP) is 3.13. The Bertz CT molecular complexity index is 426. The van der Waals surface area contributed by atoms with Gasteiger partial charge in [-0.05, 0) is 31.7 Å². The smallest absolute Gasteiger partial charge is 0.253 e. The minimum absolute atomic E-state index is 0.111. The third-order valence-corrected chi connectivity index (χ3v) is 3.54. The standard InChI is InChI=1S/C14H21FN2OS/c1-4-10(9-19-3)17-14(18)11-7-6-8-12(15)13(11)16-5-2/h6-8,10,16H,4-5,9H2,1-3H3,(H,17,18). The van der Waals surface area contributed by atoms with Crippen molar-refractivity contribution in [1.82, 2.24) is 5.32 Å². The van der Waals surface area contributed by atoms with Crippen molar-refractivity contribution in [3.05, 3.63) is 29.6 Å². The fourth-order valence-corrected chi connectivity index (χ4v) is 2.52. The maximum atomic E-state index is 13.7. The molecule has 0 heterocycles. The largest absolute Gasteiger partial charge is 0.382 e. The number of amides is 1. The summed E-state index contributed by atoms with van der Waals surface area (Å²) in [6, 6.07) is 4.66. The Morgan fingerprint density at radius 2 is 2.16 bits per heavy atom.